The average molecular weight is 392 g/mol. The minimum absolute atomic E-state index is 0.429. The molecule has 0 unspecified atom stereocenters. The minimum Gasteiger partial charge on any atom is -0.338 e. The molecule has 6 aromatic rings. The summed E-state index contributed by atoms with van der Waals surface area (Å²) >= 11 is 1.88. The van der Waals surface area contributed by atoms with Gasteiger partial charge in [0.15, 0.2) is 0 Å². The van der Waals surface area contributed by atoms with E-state index in [4.69, 9.17) is 0 Å². The van der Waals surface area contributed by atoms with Crippen molar-refractivity contribution in [3.8, 4) is 11.1 Å². The van der Waals surface area contributed by atoms with Crippen molar-refractivity contribution in [3.63, 3.8) is 0 Å². The normalized spacial score (nSPS) is 12.1. The zero-order chi connectivity index (χ0) is 19.5. The first-order valence-electron chi connectivity index (χ1n) is 10.1. The predicted molar refractivity (Wildman–Crippen MR) is 128 cm³/mol. The van der Waals surface area contributed by atoms with Gasteiger partial charge in [-0.05, 0) is 55.3 Å². The van der Waals surface area contributed by atoms with Gasteiger partial charge in [0.25, 0.3) is 0 Å². The third-order valence-electron chi connectivity index (χ3n) is 5.94. The van der Waals surface area contributed by atoms with Gasteiger partial charge in [0, 0.05) is 48.0 Å². The smallest absolute Gasteiger partial charge is 0.0494 e. The summed E-state index contributed by atoms with van der Waals surface area (Å²) in [6.07, 6.45) is 0. The Kier molecular flexibility index (Phi) is 3.60. The third kappa shape index (κ3) is 2.46. The van der Waals surface area contributed by atoms with Crippen LogP contribution in [0, 0.1) is 0 Å². The van der Waals surface area contributed by atoms with Gasteiger partial charge in [0.2, 0.25) is 0 Å². The Labute approximate surface area is 173 Å². The molecule has 1 nitrogen and oxygen atoms in total. The van der Waals surface area contributed by atoms with Crippen LogP contribution in [0.15, 0.2) is 84.9 Å². The second-order valence-electron chi connectivity index (χ2n) is 8.02. The molecular formula is C27H21NS. The molecule has 0 aliphatic heterocycles. The summed E-state index contributed by atoms with van der Waals surface area (Å²) < 4.78 is 5.16. The lowest BCUT2D eigenvalue weighted by molar-refractivity contribution is 0.642. The fourth-order valence-electron chi connectivity index (χ4n) is 4.64. The molecule has 0 aliphatic carbocycles. The van der Waals surface area contributed by atoms with Gasteiger partial charge in [-0.15, -0.1) is 11.3 Å². The lowest BCUT2D eigenvalue weighted by Crippen LogP contribution is -1.99. The molecule has 2 aromatic heterocycles. The number of benzene rings is 4. The second kappa shape index (κ2) is 6.20. The quantitative estimate of drug-likeness (QED) is 0.279. The number of para-hydroxylation sites is 1. The van der Waals surface area contributed by atoms with Crippen LogP contribution in [0.2, 0.25) is 0 Å². The summed E-state index contributed by atoms with van der Waals surface area (Å²) in [5.74, 6) is 0. The first kappa shape index (κ1) is 16.8. The van der Waals surface area contributed by atoms with Crippen LogP contribution in [-0.2, 0) is 0 Å². The molecule has 0 saturated carbocycles. The molecule has 0 amide bonds. The van der Waals surface area contributed by atoms with Gasteiger partial charge >= 0.3 is 0 Å². The Bertz CT molecular complexity index is 1530. The number of fused-ring (bicyclic) bond motifs is 6. The Morgan fingerprint density at radius 2 is 1.24 bits per heavy atom. The molecule has 2 heteroatoms. The summed E-state index contributed by atoms with van der Waals surface area (Å²) in [5.41, 5.74) is 5.19. The number of aromatic nitrogens is 1. The van der Waals surface area contributed by atoms with E-state index in [1.165, 1.54) is 53.1 Å². The van der Waals surface area contributed by atoms with E-state index in [2.05, 4.69) is 103 Å². The first-order valence-corrected chi connectivity index (χ1v) is 11.0. The van der Waals surface area contributed by atoms with Crippen molar-refractivity contribution in [2.45, 2.75) is 19.9 Å². The summed E-state index contributed by atoms with van der Waals surface area (Å²) in [6.45, 7) is 4.52. The molecule has 140 valence electrons. The molecule has 0 aliphatic rings. The third-order valence-corrected chi connectivity index (χ3v) is 7.07. The van der Waals surface area contributed by atoms with Crippen molar-refractivity contribution in [2.24, 2.45) is 0 Å². The molecule has 6 rings (SSSR count). The molecule has 0 atom stereocenters. The fraction of sp³-hybridized carbons (Fsp3) is 0.111. The summed E-state index contributed by atoms with van der Waals surface area (Å²) in [6, 6.07) is 31.7. The van der Waals surface area contributed by atoms with Crippen molar-refractivity contribution in [1.29, 1.82) is 0 Å². The van der Waals surface area contributed by atoms with Gasteiger partial charge in [0.1, 0.15) is 0 Å². The Balaban J connectivity index is 1.59. The largest absolute Gasteiger partial charge is 0.338 e. The van der Waals surface area contributed by atoms with Crippen LogP contribution < -0.4 is 0 Å². The Morgan fingerprint density at radius 1 is 0.586 bits per heavy atom. The van der Waals surface area contributed by atoms with E-state index in [1.54, 1.807) is 0 Å². The van der Waals surface area contributed by atoms with E-state index in [-0.39, 0.29) is 0 Å². The molecule has 2 heterocycles. The molecule has 29 heavy (non-hydrogen) atoms. The van der Waals surface area contributed by atoms with Crippen LogP contribution in [0.25, 0.3) is 53.1 Å². The van der Waals surface area contributed by atoms with E-state index >= 15 is 0 Å². The molecule has 0 radical (unpaired) electrons. The summed E-state index contributed by atoms with van der Waals surface area (Å²) in [7, 11) is 0. The van der Waals surface area contributed by atoms with Gasteiger partial charge in [-0.1, -0.05) is 54.6 Å². The number of thiophene rings is 1. The predicted octanol–water partition coefficient (Wildman–Crippen LogP) is 8.41. The van der Waals surface area contributed by atoms with E-state index in [0.29, 0.717) is 6.04 Å². The molecule has 0 fully saturated rings. The van der Waals surface area contributed by atoms with Crippen LogP contribution in [-0.4, -0.2) is 4.57 Å². The van der Waals surface area contributed by atoms with Crippen LogP contribution in [0.4, 0.5) is 0 Å². The summed E-state index contributed by atoms with van der Waals surface area (Å²) in [5, 5.41) is 5.38. The SMILES string of the molecule is CC(C)n1c2ccccc2c2cc(-c3ccc4c(c3)sc3ccccc34)ccc21. The fourth-order valence-corrected chi connectivity index (χ4v) is 5.79. The highest BCUT2D eigenvalue weighted by Crippen LogP contribution is 2.38. The van der Waals surface area contributed by atoms with Crippen molar-refractivity contribution >= 4 is 53.3 Å². The second-order valence-corrected chi connectivity index (χ2v) is 9.11. The van der Waals surface area contributed by atoms with Gasteiger partial charge < -0.3 is 4.57 Å². The van der Waals surface area contributed by atoms with Crippen molar-refractivity contribution < 1.29 is 0 Å². The van der Waals surface area contributed by atoms with Crippen LogP contribution >= 0.6 is 11.3 Å². The Morgan fingerprint density at radius 3 is 2.10 bits per heavy atom. The molecule has 0 N–H and O–H groups in total. The first-order chi connectivity index (χ1) is 14.2. The number of nitrogens with zero attached hydrogens (tertiary/aromatic N) is 1. The van der Waals surface area contributed by atoms with E-state index < -0.39 is 0 Å². The lowest BCUT2D eigenvalue weighted by Gasteiger charge is -2.11. The van der Waals surface area contributed by atoms with E-state index in [9.17, 15) is 0 Å². The van der Waals surface area contributed by atoms with E-state index in [1.807, 2.05) is 11.3 Å². The maximum Gasteiger partial charge on any atom is 0.0494 e. The number of rotatable bonds is 2. The number of hydrogen-bond acceptors (Lipinski definition) is 1. The standard InChI is InChI=1S/C27H21NS/c1-17(2)28-24-9-5-3-7-20(24)23-15-18(12-14-25(23)28)19-11-13-22-21-8-4-6-10-26(21)29-27(22)16-19/h3-17H,1-2H3. The highest BCUT2D eigenvalue weighted by atomic mass is 32.1. The zero-order valence-corrected chi connectivity index (χ0v) is 17.3. The molecule has 0 bridgehead atoms. The van der Waals surface area contributed by atoms with E-state index in [0.717, 1.165) is 0 Å². The van der Waals surface area contributed by atoms with Gasteiger partial charge in [-0.2, -0.15) is 0 Å². The molecule has 4 aromatic carbocycles. The van der Waals surface area contributed by atoms with Crippen molar-refractivity contribution in [1.82, 2.24) is 4.57 Å². The maximum absolute atomic E-state index is 2.45. The molecular weight excluding hydrogens is 370 g/mol. The van der Waals surface area contributed by atoms with Gasteiger partial charge in [-0.3, -0.25) is 0 Å². The molecule has 0 spiro atoms. The van der Waals surface area contributed by atoms with Crippen molar-refractivity contribution in [3.05, 3.63) is 84.9 Å². The monoisotopic (exact) mass is 391 g/mol. The minimum atomic E-state index is 0.429. The van der Waals surface area contributed by atoms with Crippen LogP contribution in [0.5, 0.6) is 0 Å². The topological polar surface area (TPSA) is 4.93 Å². The number of hydrogen-bond donors (Lipinski definition) is 0. The van der Waals surface area contributed by atoms with Crippen LogP contribution in [0.1, 0.15) is 19.9 Å². The maximum atomic E-state index is 2.45. The summed E-state index contributed by atoms with van der Waals surface area (Å²) in [4.78, 5) is 0. The zero-order valence-electron chi connectivity index (χ0n) is 16.5. The van der Waals surface area contributed by atoms with Crippen LogP contribution in [0.3, 0.4) is 0 Å². The Hall–Kier alpha value is -3.10. The average Bonchev–Trinajstić information content (AvgIpc) is 3.28. The highest BCUT2D eigenvalue weighted by Gasteiger charge is 2.14. The van der Waals surface area contributed by atoms with Crippen molar-refractivity contribution in [2.75, 3.05) is 0 Å². The molecule has 0 saturated heterocycles. The highest BCUT2D eigenvalue weighted by molar-refractivity contribution is 7.25. The lowest BCUT2D eigenvalue weighted by atomic mass is 10.0. The van der Waals surface area contributed by atoms with Gasteiger partial charge in [-0.25, -0.2) is 0 Å². The van der Waals surface area contributed by atoms with Gasteiger partial charge in [0.05, 0.1) is 0 Å².